The molecule has 0 aliphatic rings. The Labute approximate surface area is 107 Å². The number of carboxylic acids is 1. The van der Waals surface area contributed by atoms with Crippen LogP contribution < -0.4 is 5.32 Å². The van der Waals surface area contributed by atoms with Crippen molar-refractivity contribution >= 4 is 11.9 Å². The van der Waals surface area contributed by atoms with Crippen LogP contribution in [0.25, 0.3) is 0 Å². The van der Waals surface area contributed by atoms with Crippen molar-refractivity contribution < 1.29 is 14.7 Å². The Bertz CT molecular complexity index is 420. The van der Waals surface area contributed by atoms with Crippen molar-refractivity contribution in [1.29, 1.82) is 0 Å². The smallest absolute Gasteiger partial charge is 0.304 e. The highest BCUT2D eigenvalue weighted by Gasteiger charge is 2.26. The van der Waals surface area contributed by atoms with Gasteiger partial charge in [-0.3, -0.25) is 9.59 Å². The second kappa shape index (κ2) is 5.67. The minimum Gasteiger partial charge on any atom is -0.481 e. The maximum atomic E-state index is 12.1. The van der Waals surface area contributed by atoms with Gasteiger partial charge in [0.2, 0.25) is 5.91 Å². The van der Waals surface area contributed by atoms with E-state index in [4.69, 9.17) is 5.11 Å². The van der Waals surface area contributed by atoms with Crippen LogP contribution in [-0.4, -0.2) is 22.5 Å². The summed E-state index contributed by atoms with van der Waals surface area (Å²) in [6, 6.07) is 8.98. The number of nitrogens with one attached hydrogen (secondary N) is 1. The highest BCUT2D eigenvalue weighted by Crippen LogP contribution is 2.20. The molecule has 0 radical (unpaired) electrons. The Hall–Kier alpha value is -1.84. The Morgan fingerprint density at radius 1 is 1.22 bits per heavy atom. The maximum Gasteiger partial charge on any atom is 0.304 e. The highest BCUT2D eigenvalue weighted by molar-refractivity contribution is 5.88. The molecule has 0 aromatic heterocycles. The van der Waals surface area contributed by atoms with Crippen LogP contribution in [0.1, 0.15) is 38.7 Å². The number of benzene rings is 1. The Kier molecular flexibility index (Phi) is 4.48. The van der Waals surface area contributed by atoms with Crippen LogP contribution in [0.5, 0.6) is 0 Å². The number of carbonyl (C=O) groups excluding carboxylic acids is 1. The van der Waals surface area contributed by atoms with Gasteiger partial charge in [0.25, 0.3) is 0 Å². The third kappa shape index (κ3) is 4.57. The fourth-order valence-electron chi connectivity index (χ4n) is 1.68. The van der Waals surface area contributed by atoms with E-state index in [1.54, 1.807) is 24.3 Å². The monoisotopic (exact) mass is 249 g/mol. The molecule has 2 N–H and O–H groups in total. The fraction of sp³-hybridized carbons (Fsp3) is 0.429. The zero-order chi connectivity index (χ0) is 13.8. The number of carbonyl (C=O) groups is 2. The largest absolute Gasteiger partial charge is 0.481 e. The van der Waals surface area contributed by atoms with Crippen molar-refractivity contribution in [2.24, 2.45) is 0 Å². The number of hydrogen-bond donors (Lipinski definition) is 2. The van der Waals surface area contributed by atoms with E-state index in [1.807, 2.05) is 26.8 Å². The molecule has 98 valence electrons. The lowest BCUT2D eigenvalue weighted by atomic mass is 9.93. The van der Waals surface area contributed by atoms with E-state index in [0.717, 1.165) is 5.56 Å². The summed E-state index contributed by atoms with van der Waals surface area (Å²) in [5.74, 6) is -1.88. The molecule has 0 saturated carbocycles. The molecule has 0 aliphatic carbocycles. The Balaban J connectivity index is 2.92. The maximum absolute atomic E-state index is 12.1. The summed E-state index contributed by atoms with van der Waals surface area (Å²) >= 11 is 0. The minimum absolute atomic E-state index is 0.202. The number of carboxylic acid groups (broad SMARTS) is 1. The highest BCUT2D eigenvalue weighted by atomic mass is 16.4. The number of hydrogen-bond acceptors (Lipinski definition) is 2. The van der Waals surface area contributed by atoms with E-state index in [9.17, 15) is 9.59 Å². The molecule has 0 aliphatic heterocycles. The topological polar surface area (TPSA) is 66.4 Å². The Morgan fingerprint density at radius 2 is 1.78 bits per heavy atom. The molecule has 1 unspecified atom stereocenters. The van der Waals surface area contributed by atoms with Gasteiger partial charge >= 0.3 is 5.97 Å². The molecule has 0 spiro atoms. The van der Waals surface area contributed by atoms with Crippen molar-refractivity contribution in [1.82, 2.24) is 5.32 Å². The van der Waals surface area contributed by atoms with Gasteiger partial charge < -0.3 is 10.4 Å². The fourth-order valence-corrected chi connectivity index (χ4v) is 1.68. The van der Waals surface area contributed by atoms with Crippen LogP contribution in [0.4, 0.5) is 0 Å². The molecule has 0 bridgehead atoms. The first kappa shape index (κ1) is 14.2. The summed E-state index contributed by atoms with van der Waals surface area (Å²) in [7, 11) is 0. The molecule has 4 nitrogen and oxygen atoms in total. The Morgan fingerprint density at radius 3 is 2.22 bits per heavy atom. The van der Waals surface area contributed by atoms with E-state index in [-0.39, 0.29) is 17.9 Å². The zero-order valence-corrected chi connectivity index (χ0v) is 10.9. The third-order valence-electron chi connectivity index (χ3n) is 2.40. The van der Waals surface area contributed by atoms with Gasteiger partial charge in [0.15, 0.2) is 0 Å². The molecule has 0 saturated heterocycles. The summed E-state index contributed by atoms with van der Waals surface area (Å²) in [4.78, 5) is 23.0. The minimum atomic E-state index is -0.979. The first-order chi connectivity index (χ1) is 8.29. The van der Waals surface area contributed by atoms with Crippen molar-refractivity contribution in [2.75, 3.05) is 0 Å². The van der Waals surface area contributed by atoms with Gasteiger partial charge in [-0.2, -0.15) is 0 Å². The van der Waals surface area contributed by atoms with E-state index in [0.29, 0.717) is 0 Å². The predicted molar refractivity (Wildman–Crippen MR) is 69.3 cm³/mol. The summed E-state index contributed by atoms with van der Waals surface area (Å²) in [6.07, 6.45) is -0.202. The normalized spacial score (nSPS) is 12.8. The predicted octanol–water partition coefficient (Wildman–Crippen LogP) is 2.16. The van der Waals surface area contributed by atoms with E-state index >= 15 is 0 Å². The summed E-state index contributed by atoms with van der Waals surface area (Å²) in [5, 5.41) is 11.7. The molecule has 18 heavy (non-hydrogen) atoms. The molecule has 1 amide bonds. The van der Waals surface area contributed by atoms with Gasteiger partial charge in [0, 0.05) is 5.54 Å². The van der Waals surface area contributed by atoms with Gasteiger partial charge in [0.05, 0.1) is 12.3 Å². The van der Waals surface area contributed by atoms with Crippen LogP contribution in [0.3, 0.4) is 0 Å². The van der Waals surface area contributed by atoms with Gasteiger partial charge in [-0.25, -0.2) is 0 Å². The first-order valence-corrected chi connectivity index (χ1v) is 5.88. The van der Waals surface area contributed by atoms with Gasteiger partial charge in [-0.15, -0.1) is 0 Å². The molecule has 1 atom stereocenters. The van der Waals surface area contributed by atoms with E-state index in [1.165, 1.54) is 0 Å². The van der Waals surface area contributed by atoms with Gasteiger partial charge in [0.1, 0.15) is 0 Å². The van der Waals surface area contributed by atoms with Crippen molar-refractivity contribution in [3.05, 3.63) is 35.9 Å². The lowest BCUT2D eigenvalue weighted by Crippen LogP contribution is -2.43. The van der Waals surface area contributed by atoms with E-state index < -0.39 is 11.9 Å². The van der Waals surface area contributed by atoms with E-state index in [2.05, 4.69) is 5.32 Å². The van der Waals surface area contributed by atoms with Crippen LogP contribution in [0, 0.1) is 0 Å². The quantitative estimate of drug-likeness (QED) is 0.859. The summed E-state index contributed by atoms with van der Waals surface area (Å²) in [6.45, 7) is 5.61. The SMILES string of the molecule is CC(C)(C)NC(=O)C(CC(=O)O)c1ccccc1. The first-order valence-electron chi connectivity index (χ1n) is 5.88. The average molecular weight is 249 g/mol. The van der Waals surface area contributed by atoms with Crippen LogP contribution in [-0.2, 0) is 9.59 Å². The summed E-state index contributed by atoms with van der Waals surface area (Å²) in [5.41, 5.74) is 0.351. The van der Waals surface area contributed by atoms with Crippen LogP contribution in [0.15, 0.2) is 30.3 Å². The number of aliphatic carboxylic acids is 1. The molecular formula is C14H19NO3. The van der Waals surface area contributed by atoms with Crippen molar-refractivity contribution in [3.8, 4) is 0 Å². The van der Waals surface area contributed by atoms with Gasteiger partial charge in [-0.05, 0) is 26.3 Å². The van der Waals surface area contributed by atoms with Crippen molar-refractivity contribution in [2.45, 2.75) is 38.6 Å². The lowest BCUT2D eigenvalue weighted by molar-refractivity contribution is -0.139. The molecule has 4 heteroatoms. The molecule has 1 aromatic rings. The molecule has 1 rings (SSSR count). The molecule has 0 heterocycles. The average Bonchev–Trinajstić information content (AvgIpc) is 2.24. The standard InChI is InChI=1S/C14H19NO3/c1-14(2,3)15-13(18)11(9-12(16)17)10-7-5-4-6-8-10/h4-8,11H,9H2,1-3H3,(H,15,18)(H,16,17). The molecule has 0 fully saturated rings. The van der Waals surface area contributed by atoms with Crippen LogP contribution in [0.2, 0.25) is 0 Å². The molecule has 1 aromatic carbocycles. The summed E-state index contributed by atoms with van der Waals surface area (Å²) < 4.78 is 0. The number of amides is 1. The second-order valence-electron chi connectivity index (χ2n) is 5.30. The van der Waals surface area contributed by atoms with Crippen LogP contribution >= 0.6 is 0 Å². The molecular weight excluding hydrogens is 230 g/mol. The lowest BCUT2D eigenvalue weighted by Gasteiger charge is -2.24. The zero-order valence-electron chi connectivity index (χ0n) is 10.9. The third-order valence-corrected chi connectivity index (χ3v) is 2.40. The number of rotatable bonds is 4. The van der Waals surface area contributed by atoms with Crippen molar-refractivity contribution in [3.63, 3.8) is 0 Å². The van der Waals surface area contributed by atoms with Gasteiger partial charge in [-0.1, -0.05) is 30.3 Å². The second-order valence-corrected chi connectivity index (χ2v) is 5.30.